The van der Waals surface area contributed by atoms with Gasteiger partial charge in [0.1, 0.15) is 0 Å². The van der Waals surface area contributed by atoms with Crippen LogP contribution in [0.3, 0.4) is 0 Å². The summed E-state index contributed by atoms with van der Waals surface area (Å²) in [6, 6.07) is 6.65. The lowest BCUT2D eigenvalue weighted by molar-refractivity contribution is -0.121. The zero-order valence-corrected chi connectivity index (χ0v) is 12.9. The molecule has 6 heteroatoms. The van der Waals surface area contributed by atoms with Crippen molar-refractivity contribution < 1.29 is 4.79 Å². The van der Waals surface area contributed by atoms with Crippen LogP contribution in [-0.4, -0.2) is 22.2 Å². The van der Waals surface area contributed by atoms with Crippen LogP contribution in [0.5, 0.6) is 0 Å². The second kappa shape index (κ2) is 7.06. The van der Waals surface area contributed by atoms with E-state index < -0.39 is 0 Å². The fraction of sp³-hybridized carbons (Fsp3) is 0.438. The third kappa shape index (κ3) is 3.84. The van der Waals surface area contributed by atoms with Crippen LogP contribution in [0.15, 0.2) is 33.9 Å². The van der Waals surface area contributed by atoms with Crippen LogP contribution in [0.2, 0.25) is 0 Å². The summed E-state index contributed by atoms with van der Waals surface area (Å²) in [7, 11) is 0. The Morgan fingerprint density at radius 1 is 1.23 bits per heavy atom. The number of aromatic nitrogens is 2. The average molecular weight is 303 g/mol. The lowest BCUT2D eigenvalue weighted by atomic mass is 10.1. The standard InChI is InChI=1S/C16H21N3O3/c1-11(2)7-9-17-14(20)8-10-19-16(22)13-6-4-3-5-12(13)15(21)18-19/h3-6,11H,7-10H2,1-2H3,(H,17,20)(H,18,21). The second-order valence-electron chi connectivity index (χ2n) is 5.73. The molecule has 1 aromatic carbocycles. The van der Waals surface area contributed by atoms with Gasteiger partial charge in [-0.05, 0) is 24.5 Å². The molecule has 1 aromatic heterocycles. The number of hydrogen-bond acceptors (Lipinski definition) is 3. The molecule has 0 fully saturated rings. The summed E-state index contributed by atoms with van der Waals surface area (Å²) in [5.74, 6) is 0.404. The van der Waals surface area contributed by atoms with Gasteiger partial charge in [0.25, 0.3) is 11.1 Å². The Balaban J connectivity index is 2.06. The number of fused-ring (bicyclic) bond motifs is 1. The van der Waals surface area contributed by atoms with Crippen molar-refractivity contribution in [1.29, 1.82) is 0 Å². The molecule has 22 heavy (non-hydrogen) atoms. The highest BCUT2D eigenvalue weighted by atomic mass is 16.2. The van der Waals surface area contributed by atoms with Gasteiger partial charge in [0.2, 0.25) is 5.91 Å². The van der Waals surface area contributed by atoms with E-state index in [1.54, 1.807) is 24.3 Å². The predicted molar refractivity (Wildman–Crippen MR) is 85.9 cm³/mol. The van der Waals surface area contributed by atoms with Crippen molar-refractivity contribution in [3.05, 3.63) is 45.0 Å². The second-order valence-corrected chi connectivity index (χ2v) is 5.73. The Morgan fingerprint density at radius 2 is 1.91 bits per heavy atom. The molecule has 0 bridgehead atoms. The molecule has 2 rings (SSSR count). The van der Waals surface area contributed by atoms with Crippen LogP contribution in [0.4, 0.5) is 0 Å². The monoisotopic (exact) mass is 303 g/mol. The van der Waals surface area contributed by atoms with Crippen LogP contribution in [0.25, 0.3) is 10.8 Å². The topological polar surface area (TPSA) is 84.0 Å². The van der Waals surface area contributed by atoms with Gasteiger partial charge in [-0.25, -0.2) is 4.68 Å². The van der Waals surface area contributed by atoms with Gasteiger partial charge in [-0.3, -0.25) is 19.5 Å². The first-order chi connectivity index (χ1) is 10.5. The summed E-state index contributed by atoms with van der Waals surface area (Å²) in [5.41, 5.74) is -0.611. The SMILES string of the molecule is CC(C)CCNC(=O)CCn1[nH]c(=O)c2ccccc2c1=O. The van der Waals surface area contributed by atoms with Crippen molar-refractivity contribution in [2.75, 3.05) is 6.54 Å². The van der Waals surface area contributed by atoms with E-state index in [-0.39, 0.29) is 30.0 Å². The Morgan fingerprint density at radius 3 is 2.59 bits per heavy atom. The van der Waals surface area contributed by atoms with Crippen molar-refractivity contribution in [3.8, 4) is 0 Å². The normalized spacial score (nSPS) is 11.0. The molecule has 1 heterocycles. The number of hydrogen-bond donors (Lipinski definition) is 2. The fourth-order valence-electron chi connectivity index (χ4n) is 2.21. The van der Waals surface area contributed by atoms with Crippen molar-refractivity contribution in [1.82, 2.24) is 15.1 Å². The molecule has 0 saturated carbocycles. The van der Waals surface area contributed by atoms with Gasteiger partial charge in [0, 0.05) is 13.0 Å². The summed E-state index contributed by atoms with van der Waals surface area (Å²) in [6.07, 6.45) is 1.07. The number of carbonyl (C=O) groups excluding carboxylic acids is 1. The average Bonchev–Trinajstić information content (AvgIpc) is 2.49. The van der Waals surface area contributed by atoms with Gasteiger partial charge in [-0.1, -0.05) is 26.0 Å². The van der Waals surface area contributed by atoms with Crippen LogP contribution in [-0.2, 0) is 11.3 Å². The number of carbonyl (C=O) groups is 1. The fourth-order valence-corrected chi connectivity index (χ4v) is 2.21. The van der Waals surface area contributed by atoms with E-state index in [2.05, 4.69) is 24.3 Å². The highest BCUT2D eigenvalue weighted by Gasteiger charge is 2.08. The molecule has 0 saturated heterocycles. The summed E-state index contributed by atoms with van der Waals surface area (Å²) in [5, 5.41) is 6.06. The van der Waals surface area contributed by atoms with Gasteiger partial charge in [-0.15, -0.1) is 0 Å². The minimum absolute atomic E-state index is 0.124. The van der Waals surface area contributed by atoms with Crippen molar-refractivity contribution >= 4 is 16.7 Å². The lowest BCUT2D eigenvalue weighted by Crippen LogP contribution is -2.32. The van der Waals surface area contributed by atoms with E-state index in [1.165, 1.54) is 4.68 Å². The van der Waals surface area contributed by atoms with Crippen LogP contribution >= 0.6 is 0 Å². The molecule has 0 radical (unpaired) electrons. The quantitative estimate of drug-likeness (QED) is 0.842. The number of amides is 1. The molecule has 118 valence electrons. The molecule has 6 nitrogen and oxygen atoms in total. The van der Waals surface area contributed by atoms with Gasteiger partial charge in [0.15, 0.2) is 0 Å². The minimum atomic E-state index is -0.324. The molecule has 2 N–H and O–H groups in total. The van der Waals surface area contributed by atoms with E-state index in [0.29, 0.717) is 23.2 Å². The number of aryl methyl sites for hydroxylation is 1. The third-order valence-electron chi connectivity index (χ3n) is 3.49. The lowest BCUT2D eigenvalue weighted by Gasteiger charge is -2.09. The van der Waals surface area contributed by atoms with Gasteiger partial charge < -0.3 is 5.32 Å². The maximum atomic E-state index is 12.3. The number of rotatable bonds is 6. The number of nitrogens with zero attached hydrogens (tertiary/aromatic N) is 1. The third-order valence-corrected chi connectivity index (χ3v) is 3.49. The van der Waals surface area contributed by atoms with E-state index in [0.717, 1.165) is 6.42 Å². The van der Waals surface area contributed by atoms with E-state index in [4.69, 9.17) is 0 Å². The summed E-state index contributed by atoms with van der Waals surface area (Å²) < 4.78 is 1.20. The molecule has 0 aliphatic rings. The first-order valence-electron chi connectivity index (χ1n) is 7.47. The van der Waals surface area contributed by atoms with Gasteiger partial charge in [-0.2, -0.15) is 0 Å². The zero-order valence-electron chi connectivity index (χ0n) is 12.9. The molecule has 0 unspecified atom stereocenters. The minimum Gasteiger partial charge on any atom is -0.356 e. The Bertz CT molecular complexity index is 774. The largest absolute Gasteiger partial charge is 0.356 e. The van der Waals surface area contributed by atoms with Crippen LogP contribution in [0, 0.1) is 5.92 Å². The molecule has 0 atom stereocenters. The molecular weight excluding hydrogens is 282 g/mol. The Labute approximate surface area is 128 Å². The highest BCUT2D eigenvalue weighted by molar-refractivity contribution is 5.80. The molecule has 2 aromatic rings. The smallest absolute Gasteiger partial charge is 0.273 e. The molecule has 0 spiro atoms. The van der Waals surface area contributed by atoms with E-state index >= 15 is 0 Å². The highest BCUT2D eigenvalue weighted by Crippen LogP contribution is 2.02. The van der Waals surface area contributed by atoms with Gasteiger partial charge in [0.05, 0.1) is 17.3 Å². The summed E-state index contributed by atoms with van der Waals surface area (Å²) >= 11 is 0. The molecular formula is C16H21N3O3. The zero-order chi connectivity index (χ0) is 16.1. The van der Waals surface area contributed by atoms with Crippen molar-refractivity contribution in [2.24, 2.45) is 5.92 Å². The first kappa shape index (κ1) is 16.0. The number of aromatic amines is 1. The van der Waals surface area contributed by atoms with E-state index in [1.807, 2.05) is 0 Å². The molecule has 0 aliphatic heterocycles. The van der Waals surface area contributed by atoms with Gasteiger partial charge >= 0.3 is 0 Å². The maximum Gasteiger partial charge on any atom is 0.273 e. The Hall–Kier alpha value is -2.37. The van der Waals surface area contributed by atoms with E-state index in [9.17, 15) is 14.4 Å². The summed E-state index contributed by atoms with van der Waals surface area (Å²) in [4.78, 5) is 35.9. The number of nitrogens with one attached hydrogen (secondary N) is 2. The number of H-pyrrole nitrogens is 1. The molecule has 0 aliphatic carbocycles. The molecule has 1 amide bonds. The van der Waals surface area contributed by atoms with Crippen molar-refractivity contribution in [2.45, 2.75) is 33.2 Å². The Kier molecular flexibility index (Phi) is 5.14. The number of benzene rings is 1. The first-order valence-corrected chi connectivity index (χ1v) is 7.47. The van der Waals surface area contributed by atoms with Crippen LogP contribution < -0.4 is 16.4 Å². The predicted octanol–water partition coefficient (Wildman–Crippen LogP) is 1.24. The van der Waals surface area contributed by atoms with Crippen LogP contribution in [0.1, 0.15) is 26.7 Å². The summed E-state index contributed by atoms with van der Waals surface area (Å²) in [6.45, 7) is 4.96. The maximum absolute atomic E-state index is 12.3. The van der Waals surface area contributed by atoms with Crippen molar-refractivity contribution in [3.63, 3.8) is 0 Å².